The van der Waals surface area contributed by atoms with E-state index < -0.39 is 80.6 Å². The number of hydrogen-bond donors (Lipinski definition) is 3. The maximum absolute atomic E-state index is 15.8. The molecule has 5 unspecified atom stereocenters. The minimum atomic E-state index is -1.84. The van der Waals surface area contributed by atoms with Crippen molar-refractivity contribution in [2.24, 2.45) is 0 Å². The van der Waals surface area contributed by atoms with Crippen LogP contribution in [0.3, 0.4) is 0 Å². The Morgan fingerprint density at radius 2 is 0.825 bits per heavy atom. The number of aryl methyl sites for hydroxylation is 3. The van der Waals surface area contributed by atoms with Crippen molar-refractivity contribution in [3.05, 3.63) is 190 Å². The number of thiophene rings is 3. The second-order valence-corrected chi connectivity index (χ2v) is 35.1. The number of para-hydroxylation sites is 1. The lowest BCUT2D eigenvalue weighted by molar-refractivity contribution is -0.148. The number of methoxy groups -OCH3 is 3. The molecule has 18 rings (SSSR count). The number of carbonyl (C=O) groups is 3. The lowest BCUT2D eigenvalue weighted by Crippen LogP contribution is -2.51. The summed E-state index contributed by atoms with van der Waals surface area (Å²) in [6, 6.07) is 18.9. The number of ether oxygens (including phenoxy) is 9. The van der Waals surface area contributed by atoms with Gasteiger partial charge in [0.2, 0.25) is 34.0 Å². The van der Waals surface area contributed by atoms with Crippen molar-refractivity contribution in [3.63, 3.8) is 0 Å². The van der Waals surface area contributed by atoms with Crippen molar-refractivity contribution in [2.45, 2.75) is 189 Å². The summed E-state index contributed by atoms with van der Waals surface area (Å²) in [5.41, 5.74) is -1.97. The molecule has 0 amide bonds. The van der Waals surface area contributed by atoms with Gasteiger partial charge in [0.25, 0.3) is 0 Å². The molecule has 3 aromatic carbocycles. The van der Waals surface area contributed by atoms with Gasteiger partial charge in [0, 0.05) is 56.3 Å². The number of aliphatic carboxylic acids is 3. The van der Waals surface area contributed by atoms with E-state index in [-0.39, 0.29) is 105 Å². The first-order chi connectivity index (χ1) is 58.2. The predicted molar refractivity (Wildman–Crippen MR) is 440 cm³/mol. The molecule has 9 aromatic heterocycles. The summed E-state index contributed by atoms with van der Waals surface area (Å²) >= 11 is 3.78. The summed E-state index contributed by atoms with van der Waals surface area (Å²) in [6.07, 6.45) is 9.93. The minimum absolute atomic E-state index is 0.00435. The first-order valence-electron chi connectivity index (χ1n) is 40.4. The zero-order valence-corrected chi connectivity index (χ0v) is 69.3. The van der Waals surface area contributed by atoms with Crippen molar-refractivity contribution in [1.82, 2.24) is 44.3 Å². The molecule has 0 spiro atoms. The monoisotopic (exact) mass is 1690 g/mol. The van der Waals surface area contributed by atoms with E-state index in [0.29, 0.717) is 181 Å². The van der Waals surface area contributed by atoms with Crippen LogP contribution in [0, 0.1) is 20.8 Å². The smallest absolute Gasteiger partial charge is 0.316 e. The molecule has 3 saturated carbocycles. The van der Waals surface area contributed by atoms with Crippen LogP contribution < -0.4 is 30.5 Å². The van der Waals surface area contributed by atoms with E-state index in [4.69, 9.17) is 71.2 Å². The number of carboxylic acids is 3. The van der Waals surface area contributed by atoms with Crippen LogP contribution >= 0.6 is 34.0 Å². The molecule has 0 bridgehead atoms. The average Bonchev–Trinajstić information content (AvgIpc) is 1.16. The van der Waals surface area contributed by atoms with Gasteiger partial charge in [-0.25, -0.2) is 15.0 Å². The Morgan fingerprint density at radius 1 is 0.450 bits per heavy atom. The van der Waals surface area contributed by atoms with Crippen LogP contribution in [0.25, 0.3) is 63.0 Å². The van der Waals surface area contributed by atoms with Crippen LogP contribution in [0.5, 0.6) is 17.2 Å². The van der Waals surface area contributed by atoms with Crippen LogP contribution in [-0.2, 0) is 78.7 Å². The highest BCUT2D eigenvalue weighted by atomic mass is 32.1. The number of benzene rings is 3. The number of oxazole rings is 3. The quantitative estimate of drug-likeness (QED) is 0.0392. The zero-order valence-electron chi connectivity index (χ0n) is 66.9. The molecule has 6 fully saturated rings. The fraction of sp³-hybridized carbons (Fsp3) is 0.448. The fourth-order valence-corrected chi connectivity index (χ4v) is 22.1. The number of rotatable bonds is 29. The van der Waals surface area contributed by atoms with E-state index in [2.05, 4.69) is 15.0 Å². The van der Waals surface area contributed by atoms with Crippen LogP contribution in [0.1, 0.15) is 175 Å². The summed E-state index contributed by atoms with van der Waals surface area (Å²) in [7, 11) is 4.69. The Morgan fingerprint density at radius 3 is 1.23 bits per heavy atom. The highest BCUT2D eigenvalue weighted by Crippen LogP contribution is 2.55. The lowest BCUT2D eigenvalue weighted by Gasteiger charge is -2.44. The average molecular weight is 1690 g/mol. The van der Waals surface area contributed by atoms with Gasteiger partial charge < -0.3 is 71.2 Å². The second-order valence-electron chi connectivity index (χ2n) is 32.1. The lowest BCUT2D eigenvalue weighted by atomic mass is 9.58. The molecule has 120 heavy (non-hydrogen) atoms. The standard InChI is InChI=1S/C87H89N9O21S3/c1-45-64-67(97)73(85(23-24-85)82(100)101)91-96(79(64)118-70(45)76-88-25-34-112-76)44-63(117-54-20-32-111-33-21-54)57-37-48(12-14-59(57)107-5)51-40-87(41-51,84(104)105)75-69(99)66-47(3)72(78-90-27-36-114-78)120-81(66)95(93-75)43-62(116-53-18-30-110-31-19-53)56-13-11-49(38-60(56)108-6)50-15-22-86(39-50,83(102)103)74-68(98)65-46(2)71(77-89-26-35-113-77)119-80(65)94(92-74)42-61(115-52-16-28-109-29-17-52)55-9-7-8-10-58(55)106-4/h7-14,25-27,34-38,50-54,61-63H,15-24,28-33,39-44H2,1-6H3,(H,100,101)(H,102,103)(H,104,105). The normalized spacial score (nSPS) is 21.1. The van der Waals surface area contributed by atoms with Crippen molar-refractivity contribution >= 4 is 82.6 Å². The number of carboxylic acid groups (broad SMARTS) is 3. The summed E-state index contributed by atoms with van der Waals surface area (Å²) in [5.74, 6) is -2.21. The van der Waals surface area contributed by atoms with Crippen molar-refractivity contribution in [3.8, 4) is 49.6 Å². The molecule has 12 heterocycles. The van der Waals surface area contributed by atoms with Crippen molar-refractivity contribution < 1.29 is 85.6 Å². The SMILES string of the molecule is COc1ccc(C2CC(C(=O)O)(c3nn(CC(OC4CCOCC4)c4ccc(C5CCC(C(=O)O)(c6nn(CC(OC7CCOCC7)c7ccccc7OC)c7sc(-c8ncco8)c(C)c7c6=O)C5)cc4OC)c4sc(-c5ncco5)c(C)c4c3=O)C2)cc1C(Cn1nc(C2(C(=O)O)CC2)c(=O)c2c(C)c(-c3ncco3)sc21)OC1CCOCC1. The molecular formula is C87H89N9O21S3. The number of aromatic nitrogens is 9. The van der Waals surface area contributed by atoms with E-state index >= 15 is 9.59 Å². The maximum atomic E-state index is 15.8. The van der Waals surface area contributed by atoms with Gasteiger partial charge in [-0.1, -0.05) is 36.4 Å². The highest BCUT2D eigenvalue weighted by molar-refractivity contribution is 7.22. The first-order valence-corrected chi connectivity index (χ1v) is 42.9. The molecule has 5 atom stereocenters. The van der Waals surface area contributed by atoms with Gasteiger partial charge in [0.05, 0.1) is 109 Å². The summed E-state index contributed by atoms with van der Waals surface area (Å²) in [6.45, 7) is 8.18. The number of hydrogen-bond acceptors (Lipinski definition) is 27. The molecule has 30 nitrogen and oxygen atoms in total. The van der Waals surface area contributed by atoms with E-state index in [9.17, 15) is 34.5 Å². The molecule has 12 aromatic rings. The van der Waals surface area contributed by atoms with Crippen LogP contribution in [-0.4, -0.2) is 157 Å². The highest BCUT2D eigenvalue weighted by Gasteiger charge is 2.58. The Balaban J connectivity index is 0.695. The summed E-state index contributed by atoms with van der Waals surface area (Å²) in [4.78, 5) is 105. The largest absolute Gasteiger partial charge is 0.496 e. The van der Waals surface area contributed by atoms with Crippen LogP contribution in [0.15, 0.2) is 126 Å². The van der Waals surface area contributed by atoms with Gasteiger partial charge in [0.15, 0.2) is 0 Å². The first kappa shape index (κ1) is 80.4. The molecule has 626 valence electrons. The van der Waals surface area contributed by atoms with E-state index in [1.54, 1.807) is 49.2 Å². The molecule has 3 N–H and O–H groups in total. The molecular weight excluding hydrogens is 1600 g/mol. The third kappa shape index (κ3) is 14.3. The molecule has 3 aliphatic heterocycles. The Kier molecular flexibility index (Phi) is 21.9. The Labute approximate surface area is 697 Å². The Hall–Kier alpha value is -10.6. The maximum Gasteiger partial charge on any atom is 0.316 e. The molecule has 3 aliphatic carbocycles. The van der Waals surface area contributed by atoms with Crippen LogP contribution in [0.2, 0.25) is 0 Å². The molecule has 0 radical (unpaired) electrons. The minimum Gasteiger partial charge on any atom is -0.496 e. The summed E-state index contributed by atoms with van der Waals surface area (Å²) < 4.78 is 79.7. The fourth-order valence-electron chi connectivity index (χ4n) is 18.5. The van der Waals surface area contributed by atoms with Gasteiger partial charge in [-0.3, -0.25) is 42.8 Å². The van der Waals surface area contributed by atoms with E-state index in [1.807, 2.05) is 67.6 Å². The predicted octanol–water partition coefficient (Wildman–Crippen LogP) is 14.0. The van der Waals surface area contributed by atoms with Gasteiger partial charge in [-0.2, -0.15) is 15.3 Å². The van der Waals surface area contributed by atoms with Crippen molar-refractivity contribution in [1.29, 1.82) is 0 Å². The van der Waals surface area contributed by atoms with Gasteiger partial charge in [-0.05, 0) is 168 Å². The zero-order chi connectivity index (χ0) is 83.0. The number of nitrogens with zero attached hydrogens (tertiary/aromatic N) is 9. The van der Waals surface area contributed by atoms with Gasteiger partial charge in [0.1, 0.15) is 102 Å². The number of fused-ring (bicyclic) bond motifs is 3. The van der Waals surface area contributed by atoms with Crippen LogP contribution in [0.4, 0.5) is 0 Å². The van der Waals surface area contributed by atoms with Gasteiger partial charge in [-0.15, -0.1) is 34.0 Å². The topological polar surface area (TPSA) is 378 Å². The van der Waals surface area contributed by atoms with E-state index in [0.717, 1.165) is 16.7 Å². The van der Waals surface area contributed by atoms with E-state index in [1.165, 1.54) is 71.4 Å². The Bertz CT molecular complexity index is 6080. The third-order valence-electron chi connectivity index (χ3n) is 25.2. The second kappa shape index (κ2) is 32.7. The molecule has 3 saturated heterocycles. The third-order valence-corrected chi connectivity index (χ3v) is 29.1. The summed E-state index contributed by atoms with van der Waals surface area (Å²) in [5, 5.41) is 50.5. The van der Waals surface area contributed by atoms with Gasteiger partial charge >= 0.3 is 17.9 Å². The molecule has 33 heteroatoms. The molecule has 6 aliphatic rings. The van der Waals surface area contributed by atoms with Crippen molar-refractivity contribution in [2.75, 3.05) is 61.0 Å².